The Morgan fingerprint density at radius 2 is 1.23 bits per heavy atom. The van der Waals surface area contributed by atoms with Gasteiger partial charge in [-0.2, -0.15) is 0 Å². The lowest BCUT2D eigenvalue weighted by molar-refractivity contribution is -0.870. The van der Waals surface area contributed by atoms with Crippen LogP contribution in [0.3, 0.4) is 0 Å². The maximum atomic E-state index is 12.7. The van der Waals surface area contributed by atoms with Crippen LogP contribution in [-0.2, 0) is 18.4 Å². The molecule has 0 aliphatic heterocycles. The Morgan fingerprint density at radius 1 is 0.767 bits per heavy atom. The van der Waals surface area contributed by atoms with Crippen molar-refractivity contribution < 1.29 is 32.9 Å². The number of rotatable bonds is 31. The van der Waals surface area contributed by atoms with Crippen LogP contribution in [0.15, 0.2) is 12.2 Å². The molecule has 0 spiro atoms. The van der Waals surface area contributed by atoms with Crippen LogP contribution in [0, 0.1) is 0 Å². The number of carbonyl (C=O) groups is 1. The highest BCUT2D eigenvalue weighted by molar-refractivity contribution is 7.47. The summed E-state index contributed by atoms with van der Waals surface area (Å²) in [6, 6.07) is -0.836. The third-order valence-corrected chi connectivity index (χ3v) is 8.74. The topological polar surface area (TPSA) is 105 Å². The first kappa shape index (κ1) is 42.2. The average molecular weight is 634 g/mol. The van der Waals surface area contributed by atoms with Crippen molar-refractivity contribution in [3.63, 3.8) is 0 Å². The lowest BCUT2D eigenvalue weighted by Crippen LogP contribution is -2.45. The molecule has 0 bridgehead atoms. The molecule has 256 valence electrons. The molecule has 9 heteroatoms. The first-order valence-corrected chi connectivity index (χ1v) is 19.1. The molecule has 8 nitrogen and oxygen atoms in total. The van der Waals surface area contributed by atoms with Crippen molar-refractivity contribution in [1.29, 1.82) is 0 Å². The van der Waals surface area contributed by atoms with Crippen LogP contribution < -0.4 is 5.32 Å². The molecule has 1 unspecified atom stereocenters. The van der Waals surface area contributed by atoms with E-state index in [1.54, 1.807) is 6.08 Å². The summed E-state index contributed by atoms with van der Waals surface area (Å²) < 4.78 is 23.3. The largest absolute Gasteiger partial charge is 0.472 e. The number of nitrogens with one attached hydrogen (secondary N) is 1. The zero-order valence-electron chi connectivity index (χ0n) is 28.7. The maximum Gasteiger partial charge on any atom is 0.472 e. The summed E-state index contributed by atoms with van der Waals surface area (Å²) in [4.78, 5) is 22.8. The predicted molar refractivity (Wildman–Crippen MR) is 180 cm³/mol. The minimum atomic E-state index is -4.31. The predicted octanol–water partition coefficient (Wildman–Crippen LogP) is 8.46. The van der Waals surface area contributed by atoms with Gasteiger partial charge in [0.25, 0.3) is 0 Å². The molecule has 0 fully saturated rings. The van der Waals surface area contributed by atoms with E-state index >= 15 is 0 Å². The lowest BCUT2D eigenvalue weighted by atomic mass is 10.0. The highest BCUT2D eigenvalue weighted by atomic mass is 31.2. The quantitative estimate of drug-likeness (QED) is 0.0306. The number of likely N-dealkylation sites (N-methyl/N-ethyl adjacent to an activating group) is 1. The van der Waals surface area contributed by atoms with Gasteiger partial charge in [-0.3, -0.25) is 13.8 Å². The van der Waals surface area contributed by atoms with Gasteiger partial charge in [0.05, 0.1) is 39.9 Å². The number of phosphoric ester groups is 1. The fraction of sp³-hybridized carbons (Fsp3) is 0.912. The van der Waals surface area contributed by atoms with Gasteiger partial charge in [-0.1, -0.05) is 135 Å². The van der Waals surface area contributed by atoms with E-state index < -0.39 is 20.0 Å². The summed E-state index contributed by atoms with van der Waals surface area (Å²) in [6.45, 7) is 4.76. The van der Waals surface area contributed by atoms with E-state index in [9.17, 15) is 19.4 Å². The Kier molecular flexibility index (Phi) is 27.1. The second-order valence-corrected chi connectivity index (χ2v) is 14.7. The standard InChI is InChI=1S/C34H69N2O6P/c1-6-8-10-12-14-16-18-20-22-24-26-28-34(38)35-32(31-42-43(39,40)41-30-29-36(3,4)5)33(37)27-25-23-21-19-17-15-13-11-9-7-2/h25,27,32-33,37H,6-24,26,28-31H2,1-5H3,(H-,35,38,39,40)/p+1/b27-25+/t32-,33+/m0/s1. The van der Waals surface area contributed by atoms with Crippen molar-refractivity contribution in [3.8, 4) is 0 Å². The van der Waals surface area contributed by atoms with Gasteiger partial charge in [-0.05, 0) is 19.3 Å². The Morgan fingerprint density at radius 3 is 1.72 bits per heavy atom. The van der Waals surface area contributed by atoms with Gasteiger partial charge >= 0.3 is 7.82 Å². The fourth-order valence-electron chi connectivity index (χ4n) is 4.86. The van der Waals surface area contributed by atoms with Gasteiger partial charge in [-0.15, -0.1) is 0 Å². The van der Waals surface area contributed by atoms with Crippen LogP contribution in [-0.4, -0.2) is 73.4 Å². The number of quaternary nitrogens is 1. The minimum Gasteiger partial charge on any atom is -0.387 e. The van der Waals surface area contributed by atoms with Crippen LogP contribution in [0.2, 0.25) is 0 Å². The molecule has 0 aliphatic carbocycles. The normalized spacial score (nSPS) is 15.0. The molecule has 0 aliphatic rings. The van der Waals surface area contributed by atoms with Gasteiger partial charge in [0.15, 0.2) is 0 Å². The molecule has 0 saturated heterocycles. The van der Waals surface area contributed by atoms with E-state index in [-0.39, 0.29) is 19.1 Å². The molecular weight excluding hydrogens is 563 g/mol. The Bertz CT molecular complexity index is 728. The van der Waals surface area contributed by atoms with Gasteiger partial charge in [0.1, 0.15) is 13.2 Å². The van der Waals surface area contributed by atoms with E-state index in [4.69, 9.17) is 9.05 Å². The summed E-state index contributed by atoms with van der Waals surface area (Å²) in [5.41, 5.74) is 0. The first-order chi connectivity index (χ1) is 20.5. The van der Waals surface area contributed by atoms with Crippen LogP contribution in [0.25, 0.3) is 0 Å². The van der Waals surface area contributed by atoms with Crippen LogP contribution in [0.5, 0.6) is 0 Å². The third-order valence-electron chi connectivity index (χ3n) is 7.76. The van der Waals surface area contributed by atoms with Crippen molar-refractivity contribution in [2.45, 2.75) is 161 Å². The molecule has 0 rings (SSSR count). The molecule has 0 aromatic rings. The fourth-order valence-corrected chi connectivity index (χ4v) is 5.60. The Balaban J connectivity index is 4.59. The second kappa shape index (κ2) is 27.5. The number of aliphatic hydroxyl groups excluding tert-OH is 1. The van der Waals surface area contributed by atoms with Crippen molar-refractivity contribution >= 4 is 13.7 Å². The van der Waals surface area contributed by atoms with Crippen molar-refractivity contribution in [3.05, 3.63) is 12.2 Å². The van der Waals surface area contributed by atoms with Crippen LogP contribution in [0.1, 0.15) is 149 Å². The van der Waals surface area contributed by atoms with Gasteiger partial charge in [0, 0.05) is 6.42 Å². The van der Waals surface area contributed by atoms with Crippen molar-refractivity contribution in [2.75, 3.05) is 40.9 Å². The van der Waals surface area contributed by atoms with Gasteiger partial charge in [-0.25, -0.2) is 4.57 Å². The average Bonchev–Trinajstić information content (AvgIpc) is 2.94. The summed E-state index contributed by atoms with van der Waals surface area (Å²) >= 11 is 0. The monoisotopic (exact) mass is 633 g/mol. The summed E-state index contributed by atoms with van der Waals surface area (Å²) in [6.07, 6.45) is 27.0. The van der Waals surface area contributed by atoms with E-state index in [1.807, 2.05) is 27.2 Å². The number of hydrogen-bond donors (Lipinski definition) is 3. The van der Waals surface area contributed by atoms with Gasteiger partial charge < -0.3 is 19.8 Å². The maximum absolute atomic E-state index is 12.7. The molecule has 43 heavy (non-hydrogen) atoms. The number of aliphatic hydroxyl groups is 1. The van der Waals surface area contributed by atoms with E-state index in [2.05, 4.69) is 19.2 Å². The Hall–Kier alpha value is -0.760. The molecule has 3 N–H and O–H groups in total. The SMILES string of the molecule is CCCCCCCCCC/C=C/[C@@H](O)[C@H](COP(=O)(O)OCC[N+](C)(C)C)NC(=O)CCCCCCCCCCCCC. The second-order valence-electron chi connectivity index (χ2n) is 13.3. The summed E-state index contributed by atoms with van der Waals surface area (Å²) in [5, 5.41) is 13.7. The molecule has 0 heterocycles. The number of unbranched alkanes of at least 4 members (excludes halogenated alkanes) is 18. The summed E-state index contributed by atoms with van der Waals surface area (Å²) in [7, 11) is 1.57. The minimum absolute atomic E-state index is 0.0637. The first-order valence-electron chi connectivity index (χ1n) is 17.6. The molecule has 0 aromatic heterocycles. The van der Waals surface area contributed by atoms with E-state index in [0.717, 1.165) is 38.5 Å². The number of hydrogen-bond acceptors (Lipinski definition) is 5. The molecule has 3 atom stereocenters. The lowest BCUT2D eigenvalue weighted by Gasteiger charge is -2.25. The number of phosphoric acid groups is 1. The van der Waals surface area contributed by atoms with E-state index in [0.29, 0.717) is 17.4 Å². The number of allylic oxidation sites excluding steroid dienone is 1. The number of amides is 1. The molecule has 0 radical (unpaired) electrons. The zero-order valence-corrected chi connectivity index (χ0v) is 29.6. The highest BCUT2D eigenvalue weighted by Crippen LogP contribution is 2.43. The highest BCUT2D eigenvalue weighted by Gasteiger charge is 2.27. The van der Waals surface area contributed by atoms with E-state index in [1.165, 1.54) is 89.9 Å². The number of carbonyl (C=O) groups excluding carboxylic acids is 1. The smallest absolute Gasteiger partial charge is 0.387 e. The third kappa shape index (κ3) is 29.7. The van der Waals surface area contributed by atoms with Crippen molar-refractivity contribution in [1.82, 2.24) is 5.32 Å². The number of nitrogens with zero attached hydrogens (tertiary/aromatic N) is 1. The van der Waals surface area contributed by atoms with Crippen LogP contribution >= 0.6 is 7.82 Å². The molecule has 1 amide bonds. The van der Waals surface area contributed by atoms with Gasteiger partial charge in [0.2, 0.25) is 5.91 Å². The van der Waals surface area contributed by atoms with Crippen molar-refractivity contribution in [2.24, 2.45) is 0 Å². The Labute approximate surface area is 265 Å². The molecule has 0 saturated carbocycles. The van der Waals surface area contributed by atoms with Crippen LogP contribution in [0.4, 0.5) is 0 Å². The molecular formula is C34H70N2O6P+. The zero-order chi connectivity index (χ0) is 32.2. The summed E-state index contributed by atoms with van der Waals surface area (Å²) in [5.74, 6) is -0.182. The molecule has 0 aromatic carbocycles.